The molecule has 0 saturated heterocycles. The Balaban J connectivity index is 2.39. The van der Waals surface area contributed by atoms with E-state index in [0.717, 1.165) is 10.5 Å². The molecule has 1 nitrogen and oxygen atoms in total. The van der Waals surface area contributed by atoms with Gasteiger partial charge in [0.1, 0.15) is 5.82 Å². The van der Waals surface area contributed by atoms with E-state index in [9.17, 15) is 4.39 Å². The van der Waals surface area contributed by atoms with Crippen LogP contribution in [0.5, 0.6) is 0 Å². The van der Waals surface area contributed by atoms with Gasteiger partial charge >= 0.3 is 0 Å². The van der Waals surface area contributed by atoms with Crippen molar-refractivity contribution < 1.29 is 4.39 Å². The first-order chi connectivity index (χ1) is 9.52. The maximum atomic E-state index is 14.1. The zero-order valence-corrected chi connectivity index (χ0v) is 13.4. The maximum absolute atomic E-state index is 14.1. The van der Waals surface area contributed by atoms with Gasteiger partial charge in [-0.25, -0.2) is 4.39 Å². The largest absolute Gasteiger partial charge is 0.313 e. The fourth-order valence-corrected chi connectivity index (χ4v) is 3.23. The van der Waals surface area contributed by atoms with Gasteiger partial charge in [-0.1, -0.05) is 47.1 Å². The highest BCUT2D eigenvalue weighted by Crippen LogP contribution is 2.37. The average Bonchev–Trinajstić information content (AvgIpc) is 2.44. The summed E-state index contributed by atoms with van der Waals surface area (Å²) in [5, 5.41) is 4.09. The highest BCUT2D eigenvalue weighted by Gasteiger charge is 2.14. The van der Waals surface area contributed by atoms with E-state index in [1.54, 1.807) is 18.2 Å². The van der Waals surface area contributed by atoms with E-state index in [1.165, 1.54) is 17.8 Å². The second-order valence-electron chi connectivity index (χ2n) is 4.35. The van der Waals surface area contributed by atoms with Gasteiger partial charge in [-0.05, 0) is 43.8 Å². The predicted octanol–water partition coefficient (Wildman–Crippen LogP) is 5.56. The second kappa shape index (κ2) is 6.81. The third-order valence-corrected chi connectivity index (χ3v) is 4.87. The molecule has 106 valence electrons. The average molecular weight is 330 g/mol. The van der Waals surface area contributed by atoms with Gasteiger partial charge in [0.2, 0.25) is 0 Å². The number of hydrogen-bond acceptors (Lipinski definition) is 2. The van der Waals surface area contributed by atoms with Crippen LogP contribution in [0.4, 0.5) is 4.39 Å². The molecule has 0 amide bonds. The molecule has 0 fully saturated rings. The molecule has 0 heterocycles. The fourth-order valence-electron chi connectivity index (χ4n) is 1.79. The third-order valence-electron chi connectivity index (χ3n) is 3.01. The van der Waals surface area contributed by atoms with Crippen molar-refractivity contribution in [3.63, 3.8) is 0 Å². The molecular formula is C15H14Cl2FNS. The summed E-state index contributed by atoms with van der Waals surface area (Å²) < 4.78 is 14.1. The summed E-state index contributed by atoms with van der Waals surface area (Å²) >= 11 is 13.2. The Morgan fingerprint density at radius 2 is 1.90 bits per heavy atom. The van der Waals surface area contributed by atoms with Crippen LogP contribution < -0.4 is 5.32 Å². The molecule has 0 radical (unpaired) electrons. The van der Waals surface area contributed by atoms with E-state index < -0.39 is 0 Å². The van der Waals surface area contributed by atoms with Gasteiger partial charge < -0.3 is 5.32 Å². The van der Waals surface area contributed by atoms with E-state index in [0.29, 0.717) is 14.9 Å². The first kappa shape index (κ1) is 15.6. The molecule has 0 aliphatic rings. The predicted molar refractivity (Wildman–Crippen MR) is 84.5 cm³/mol. The first-order valence-corrected chi connectivity index (χ1v) is 7.68. The Morgan fingerprint density at radius 1 is 1.15 bits per heavy atom. The minimum Gasteiger partial charge on any atom is -0.313 e. The lowest BCUT2D eigenvalue weighted by molar-refractivity contribution is 0.576. The normalized spacial score (nSPS) is 12.4. The van der Waals surface area contributed by atoms with E-state index >= 15 is 0 Å². The number of halogens is 3. The van der Waals surface area contributed by atoms with Crippen LogP contribution in [-0.4, -0.2) is 7.05 Å². The molecule has 0 aliphatic heterocycles. The lowest BCUT2D eigenvalue weighted by Crippen LogP contribution is -2.13. The molecule has 0 aliphatic carbocycles. The van der Waals surface area contributed by atoms with Gasteiger partial charge in [0, 0.05) is 10.9 Å². The zero-order valence-electron chi connectivity index (χ0n) is 11.1. The lowest BCUT2D eigenvalue weighted by Gasteiger charge is -2.16. The number of benzene rings is 2. The smallest absolute Gasteiger partial charge is 0.137 e. The van der Waals surface area contributed by atoms with Crippen molar-refractivity contribution in [3.05, 3.63) is 57.8 Å². The molecule has 0 aromatic heterocycles. The lowest BCUT2D eigenvalue weighted by atomic mass is 10.1. The molecule has 0 spiro atoms. The molecule has 1 unspecified atom stereocenters. The fraction of sp³-hybridized carbons (Fsp3) is 0.200. The Kier molecular flexibility index (Phi) is 5.33. The third kappa shape index (κ3) is 3.47. The van der Waals surface area contributed by atoms with E-state index in [2.05, 4.69) is 5.32 Å². The molecule has 5 heteroatoms. The van der Waals surface area contributed by atoms with Gasteiger partial charge in [-0.15, -0.1) is 0 Å². The summed E-state index contributed by atoms with van der Waals surface area (Å²) in [5.74, 6) is -0.235. The van der Waals surface area contributed by atoms with E-state index in [-0.39, 0.29) is 11.9 Å². The monoisotopic (exact) mass is 329 g/mol. The standard InChI is InChI=1S/C15H14Cl2FNS/c1-9(19-2)11-4-3-5-14(18)15(11)20-10-6-7-12(16)13(17)8-10/h3-9,19H,1-2H3. The summed E-state index contributed by atoms with van der Waals surface area (Å²) in [6, 6.07) is 10.5. The van der Waals surface area contributed by atoms with Crippen LogP contribution >= 0.6 is 35.0 Å². The topological polar surface area (TPSA) is 12.0 Å². The summed E-state index contributed by atoms with van der Waals surface area (Å²) in [7, 11) is 1.85. The van der Waals surface area contributed by atoms with Crippen LogP contribution in [-0.2, 0) is 0 Å². The highest BCUT2D eigenvalue weighted by molar-refractivity contribution is 7.99. The van der Waals surface area contributed by atoms with Crippen molar-refractivity contribution in [3.8, 4) is 0 Å². The maximum Gasteiger partial charge on any atom is 0.137 e. The Bertz CT molecular complexity index is 619. The highest BCUT2D eigenvalue weighted by atomic mass is 35.5. The molecular weight excluding hydrogens is 316 g/mol. The molecule has 2 aromatic carbocycles. The molecule has 0 bridgehead atoms. The quantitative estimate of drug-likeness (QED) is 0.787. The first-order valence-electron chi connectivity index (χ1n) is 6.11. The van der Waals surface area contributed by atoms with Gasteiger partial charge in [0.15, 0.2) is 0 Å². The molecule has 2 aromatic rings. The van der Waals surface area contributed by atoms with Gasteiger partial charge in [0.25, 0.3) is 0 Å². The molecule has 1 atom stereocenters. The zero-order chi connectivity index (χ0) is 14.7. The molecule has 2 rings (SSSR count). The van der Waals surface area contributed by atoms with Crippen LogP contribution in [0.3, 0.4) is 0 Å². The van der Waals surface area contributed by atoms with Crippen LogP contribution in [0.2, 0.25) is 10.0 Å². The van der Waals surface area contributed by atoms with E-state index in [1.807, 2.05) is 26.1 Å². The van der Waals surface area contributed by atoms with Crippen LogP contribution in [0.25, 0.3) is 0 Å². The number of nitrogens with one attached hydrogen (secondary N) is 1. The van der Waals surface area contributed by atoms with Crippen LogP contribution in [0.15, 0.2) is 46.2 Å². The summed E-state index contributed by atoms with van der Waals surface area (Å²) in [4.78, 5) is 1.46. The summed E-state index contributed by atoms with van der Waals surface area (Å²) in [6.45, 7) is 1.99. The SMILES string of the molecule is CNC(C)c1cccc(F)c1Sc1ccc(Cl)c(Cl)c1. The van der Waals surface area contributed by atoms with Crippen molar-refractivity contribution in [1.29, 1.82) is 0 Å². The minimum absolute atomic E-state index is 0.0657. The number of rotatable bonds is 4. The second-order valence-corrected chi connectivity index (χ2v) is 6.24. The van der Waals surface area contributed by atoms with Gasteiger partial charge in [-0.3, -0.25) is 0 Å². The molecule has 20 heavy (non-hydrogen) atoms. The van der Waals surface area contributed by atoms with Crippen LogP contribution in [0.1, 0.15) is 18.5 Å². The van der Waals surface area contributed by atoms with Crippen molar-refractivity contribution >= 4 is 35.0 Å². The van der Waals surface area contributed by atoms with Crippen LogP contribution in [0, 0.1) is 5.82 Å². The Hall–Kier alpha value is -0.740. The van der Waals surface area contributed by atoms with Crippen molar-refractivity contribution in [2.75, 3.05) is 7.05 Å². The Labute approximate surface area is 132 Å². The van der Waals surface area contributed by atoms with Crippen molar-refractivity contribution in [2.45, 2.75) is 22.8 Å². The minimum atomic E-state index is -0.235. The Morgan fingerprint density at radius 3 is 2.55 bits per heavy atom. The van der Waals surface area contributed by atoms with Gasteiger partial charge in [-0.2, -0.15) is 0 Å². The molecule has 1 N–H and O–H groups in total. The summed E-state index contributed by atoms with van der Waals surface area (Å²) in [6.07, 6.45) is 0. The van der Waals surface area contributed by atoms with E-state index in [4.69, 9.17) is 23.2 Å². The van der Waals surface area contributed by atoms with Gasteiger partial charge in [0.05, 0.1) is 14.9 Å². The van der Waals surface area contributed by atoms with Crippen molar-refractivity contribution in [2.24, 2.45) is 0 Å². The van der Waals surface area contributed by atoms with Crippen molar-refractivity contribution in [1.82, 2.24) is 5.32 Å². The summed E-state index contributed by atoms with van der Waals surface area (Å²) in [5.41, 5.74) is 0.920. The number of hydrogen-bond donors (Lipinski definition) is 1. The molecule has 0 saturated carbocycles.